The molecule has 5 nitrogen and oxygen atoms in total. The maximum absolute atomic E-state index is 13.6. The fourth-order valence-electron chi connectivity index (χ4n) is 1.79. The van der Waals surface area contributed by atoms with E-state index in [1.165, 1.54) is 30.3 Å². The molecule has 0 spiro atoms. The monoisotopic (exact) mass is 386 g/mol. The summed E-state index contributed by atoms with van der Waals surface area (Å²) < 4.78 is 14.2. The fourth-order valence-corrected chi connectivity index (χ4v) is 2.38. The van der Waals surface area contributed by atoms with Crippen molar-refractivity contribution in [3.05, 3.63) is 67.4 Å². The van der Waals surface area contributed by atoms with Gasteiger partial charge in [0.05, 0.1) is 11.3 Å². The van der Waals surface area contributed by atoms with Gasteiger partial charge in [-0.15, -0.1) is 0 Å². The van der Waals surface area contributed by atoms with Gasteiger partial charge in [0.15, 0.2) is 0 Å². The van der Waals surface area contributed by atoms with Gasteiger partial charge in [0.25, 0.3) is 5.69 Å². The standard InChI is InChI=1S/C14H9BrClFN2O3/c15-9-1-4-12(17)8(5-9)6-14(20)18-10-2-3-11(16)13(7-10)19(21)22/h1-5,7H,6H2,(H,18,20). The summed E-state index contributed by atoms with van der Waals surface area (Å²) >= 11 is 8.89. The topological polar surface area (TPSA) is 72.2 Å². The molecule has 1 amide bonds. The third kappa shape index (κ3) is 4.02. The number of amides is 1. The summed E-state index contributed by atoms with van der Waals surface area (Å²) in [6.07, 6.45) is -0.193. The normalized spacial score (nSPS) is 10.3. The van der Waals surface area contributed by atoms with Crippen molar-refractivity contribution in [2.75, 3.05) is 5.32 Å². The number of hydrogen-bond acceptors (Lipinski definition) is 3. The first-order valence-corrected chi connectivity index (χ1v) is 7.21. The average Bonchev–Trinajstić information content (AvgIpc) is 2.44. The van der Waals surface area contributed by atoms with Crippen molar-refractivity contribution in [2.24, 2.45) is 0 Å². The van der Waals surface area contributed by atoms with Crippen molar-refractivity contribution in [2.45, 2.75) is 6.42 Å². The van der Waals surface area contributed by atoms with E-state index in [1.807, 2.05) is 0 Å². The quantitative estimate of drug-likeness (QED) is 0.627. The first-order chi connectivity index (χ1) is 10.4. The Morgan fingerprint density at radius 3 is 2.73 bits per heavy atom. The van der Waals surface area contributed by atoms with E-state index in [-0.39, 0.29) is 28.4 Å². The molecule has 0 fully saturated rings. The molecule has 0 unspecified atom stereocenters. The molecule has 0 aromatic heterocycles. The van der Waals surface area contributed by atoms with Crippen LogP contribution in [-0.4, -0.2) is 10.8 Å². The van der Waals surface area contributed by atoms with E-state index in [2.05, 4.69) is 21.2 Å². The second-order valence-corrected chi connectivity index (χ2v) is 5.71. The van der Waals surface area contributed by atoms with Crippen LogP contribution in [0.1, 0.15) is 5.56 Å². The van der Waals surface area contributed by atoms with E-state index in [9.17, 15) is 19.3 Å². The number of nitro benzene ring substituents is 1. The third-order valence-electron chi connectivity index (χ3n) is 2.79. The number of hydrogen-bond donors (Lipinski definition) is 1. The van der Waals surface area contributed by atoms with Crippen molar-refractivity contribution in [3.63, 3.8) is 0 Å². The molecule has 2 rings (SSSR count). The molecule has 114 valence electrons. The lowest BCUT2D eigenvalue weighted by molar-refractivity contribution is -0.384. The highest BCUT2D eigenvalue weighted by atomic mass is 79.9. The zero-order valence-electron chi connectivity index (χ0n) is 11.0. The molecule has 0 aliphatic heterocycles. The number of nitrogens with one attached hydrogen (secondary N) is 1. The molecule has 0 atom stereocenters. The van der Waals surface area contributed by atoms with Crippen LogP contribution in [0.25, 0.3) is 0 Å². The molecule has 22 heavy (non-hydrogen) atoms. The Bertz CT molecular complexity index is 755. The van der Waals surface area contributed by atoms with Crippen molar-refractivity contribution in [1.82, 2.24) is 0 Å². The summed E-state index contributed by atoms with van der Waals surface area (Å²) in [7, 11) is 0. The number of benzene rings is 2. The fraction of sp³-hybridized carbons (Fsp3) is 0.0714. The molecular weight excluding hydrogens is 379 g/mol. The number of rotatable bonds is 4. The van der Waals surface area contributed by atoms with Gasteiger partial charge < -0.3 is 5.32 Å². The predicted octanol–water partition coefficient (Wildman–Crippen LogP) is 4.33. The minimum Gasteiger partial charge on any atom is -0.326 e. The summed E-state index contributed by atoms with van der Waals surface area (Å²) in [5.41, 5.74) is 0.125. The molecule has 0 aliphatic rings. The lowest BCUT2D eigenvalue weighted by atomic mass is 10.1. The van der Waals surface area contributed by atoms with Gasteiger partial charge in [-0.25, -0.2) is 4.39 Å². The highest BCUT2D eigenvalue weighted by Crippen LogP contribution is 2.27. The summed E-state index contributed by atoms with van der Waals surface area (Å²) in [5, 5.41) is 13.2. The van der Waals surface area contributed by atoms with Crippen LogP contribution in [0.15, 0.2) is 40.9 Å². The highest BCUT2D eigenvalue weighted by Gasteiger charge is 2.15. The second kappa shape index (κ2) is 6.85. The van der Waals surface area contributed by atoms with Crippen molar-refractivity contribution >= 4 is 44.8 Å². The van der Waals surface area contributed by atoms with E-state index in [0.29, 0.717) is 4.47 Å². The van der Waals surface area contributed by atoms with Gasteiger partial charge >= 0.3 is 0 Å². The van der Waals surface area contributed by atoms with E-state index in [4.69, 9.17) is 11.6 Å². The van der Waals surface area contributed by atoms with E-state index >= 15 is 0 Å². The van der Waals surface area contributed by atoms with Gasteiger partial charge in [-0.1, -0.05) is 27.5 Å². The van der Waals surface area contributed by atoms with E-state index < -0.39 is 16.6 Å². The van der Waals surface area contributed by atoms with Crippen LogP contribution in [0, 0.1) is 15.9 Å². The zero-order chi connectivity index (χ0) is 16.3. The Labute approximate surface area is 138 Å². The Morgan fingerprint density at radius 1 is 1.32 bits per heavy atom. The number of carbonyl (C=O) groups excluding carboxylic acids is 1. The summed E-state index contributed by atoms with van der Waals surface area (Å²) in [5.74, 6) is -0.992. The van der Waals surface area contributed by atoms with Gasteiger partial charge in [0.2, 0.25) is 5.91 Å². The molecule has 0 aliphatic carbocycles. The van der Waals surface area contributed by atoms with Crippen LogP contribution < -0.4 is 5.32 Å². The van der Waals surface area contributed by atoms with Crippen molar-refractivity contribution in [3.8, 4) is 0 Å². The SMILES string of the molecule is O=C(Cc1cc(Br)ccc1F)Nc1ccc(Cl)c([N+](=O)[O-])c1. The lowest BCUT2D eigenvalue weighted by Gasteiger charge is -2.07. The molecular formula is C14H9BrClFN2O3. The van der Waals surface area contributed by atoms with Crippen LogP contribution >= 0.6 is 27.5 Å². The van der Waals surface area contributed by atoms with E-state index in [0.717, 1.165) is 6.07 Å². The lowest BCUT2D eigenvalue weighted by Crippen LogP contribution is -2.15. The Morgan fingerprint density at radius 2 is 2.05 bits per heavy atom. The predicted molar refractivity (Wildman–Crippen MR) is 84.5 cm³/mol. The average molecular weight is 388 g/mol. The number of nitro groups is 1. The number of anilines is 1. The molecule has 2 aromatic carbocycles. The zero-order valence-corrected chi connectivity index (χ0v) is 13.3. The highest BCUT2D eigenvalue weighted by molar-refractivity contribution is 9.10. The molecule has 0 saturated heterocycles. The smallest absolute Gasteiger partial charge is 0.289 e. The van der Waals surface area contributed by atoms with Gasteiger partial charge in [-0.05, 0) is 35.9 Å². The van der Waals surface area contributed by atoms with Crippen LogP contribution in [0.4, 0.5) is 15.8 Å². The largest absolute Gasteiger partial charge is 0.326 e. The summed E-state index contributed by atoms with van der Waals surface area (Å²) in [6.45, 7) is 0. The van der Waals surface area contributed by atoms with Gasteiger partial charge in [0, 0.05) is 16.2 Å². The first-order valence-electron chi connectivity index (χ1n) is 6.04. The Kier molecular flexibility index (Phi) is 5.10. The minimum absolute atomic E-state index is 0.0268. The molecule has 1 N–H and O–H groups in total. The maximum atomic E-state index is 13.6. The third-order valence-corrected chi connectivity index (χ3v) is 3.60. The van der Waals surface area contributed by atoms with Crippen LogP contribution in [0.5, 0.6) is 0 Å². The molecule has 2 aromatic rings. The molecule has 0 saturated carbocycles. The molecule has 0 heterocycles. The van der Waals surface area contributed by atoms with E-state index in [1.54, 1.807) is 0 Å². The Hall–Kier alpha value is -1.99. The first kappa shape index (κ1) is 16.4. The van der Waals surface area contributed by atoms with Gasteiger partial charge in [-0.3, -0.25) is 14.9 Å². The maximum Gasteiger partial charge on any atom is 0.289 e. The minimum atomic E-state index is -0.647. The molecule has 0 radical (unpaired) electrons. The van der Waals surface area contributed by atoms with Crippen LogP contribution in [0.2, 0.25) is 5.02 Å². The number of nitrogens with zero attached hydrogens (tertiary/aromatic N) is 1. The summed E-state index contributed by atoms with van der Waals surface area (Å²) in [4.78, 5) is 22.1. The van der Waals surface area contributed by atoms with Crippen molar-refractivity contribution < 1.29 is 14.1 Å². The molecule has 0 bridgehead atoms. The van der Waals surface area contributed by atoms with Gasteiger partial charge in [0.1, 0.15) is 10.8 Å². The molecule has 8 heteroatoms. The second-order valence-electron chi connectivity index (χ2n) is 4.38. The Balaban J connectivity index is 2.14. The van der Waals surface area contributed by atoms with Gasteiger partial charge in [-0.2, -0.15) is 0 Å². The number of halogens is 3. The van der Waals surface area contributed by atoms with Crippen LogP contribution in [-0.2, 0) is 11.2 Å². The van der Waals surface area contributed by atoms with Crippen molar-refractivity contribution in [1.29, 1.82) is 0 Å². The number of carbonyl (C=O) groups is 1. The summed E-state index contributed by atoms with van der Waals surface area (Å²) in [6, 6.07) is 8.18. The van der Waals surface area contributed by atoms with Crippen LogP contribution in [0.3, 0.4) is 0 Å².